The Kier molecular flexibility index (Phi) is 3.34. The van der Waals surface area contributed by atoms with Crippen LogP contribution in [0.4, 0.5) is 0 Å². The Balaban J connectivity index is 1.80. The first-order valence-electron chi connectivity index (χ1n) is 6.05. The van der Waals surface area contributed by atoms with Gasteiger partial charge in [-0.1, -0.05) is 6.92 Å². The summed E-state index contributed by atoms with van der Waals surface area (Å²) in [4.78, 5) is 15.1. The van der Waals surface area contributed by atoms with Crippen LogP contribution in [0.2, 0.25) is 0 Å². The van der Waals surface area contributed by atoms with Crippen LogP contribution in [0, 0.1) is 5.92 Å². The van der Waals surface area contributed by atoms with Gasteiger partial charge in [0.1, 0.15) is 0 Å². The second kappa shape index (κ2) is 4.83. The van der Waals surface area contributed by atoms with E-state index in [1.807, 2.05) is 11.0 Å². The fourth-order valence-corrected chi connectivity index (χ4v) is 4.60. The highest BCUT2D eigenvalue weighted by Crippen LogP contribution is 2.31. The molecule has 0 aliphatic carbocycles. The summed E-state index contributed by atoms with van der Waals surface area (Å²) in [5.74, 6) is 0.642. The molecule has 1 fully saturated rings. The molecule has 5 heteroatoms. The number of amides is 1. The summed E-state index contributed by atoms with van der Waals surface area (Å²) in [6.07, 6.45) is 1.000. The summed E-state index contributed by atoms with van der Waals surface area (Å²) in [7, 11) is 0. The van der Waals surface area contributed by atoms with Crippen LogP contribution in [0.1, 0.15) is 23.0 Å². The van der Waals surface area contributed by atoms with E-state index < -0.39 is 0 Å². The first kappa shape index (κ1) is 12.5. The highest BCUT2D eigenvalue weighted by Gasteiger charge is 2.28. The zero-order valence-electron chi connectivity index (χ0n) is 10.1. The van der Waals surface area contributed by atoms with Crippen molar-refractivity contribution in [3.8, 4) is 0 Å². The van der Waals surface area contributed by atoms with Crippen molar-refractivity contribution < 1.29 is 4.79 Å². The lowest BCUT2D eigenvalue weighted by Crippen LogP contribution is -2.43. The van der Waals surface area contributed by atoms with E-state index in [4.69, 9.17) is 11.6 Å². The van der Waals surface area contributed by atoms with Gasteiger partial charge in [-0.25, -0.2) is 0 Å². The molecule has 1 aliphatic rings. The number of hydrogen-bond acceptors (Lipinski definition) is 3. The maximum absolute atomic E-state index is 12.4. The lowest BCUT2D eigenvalue weighted by Gasteiger charge is -2.33. The monoisotopic (exact) mass is 299 g/mol. The fourth-order valence-electron chi connectivity index (χ4n) is 2.23. The van der Waals surface area contributed by atoms with Gasteiger partial charge in [0.15, 0.2) is 0 Å². The molecule has 2 aromatic heterocycles. The van der Waals surface area contributed by atoms with Crippen LogP contribution < -0.4 is 0 Å². The maximum atomic E-state index is 12.4. The molecule has 3 heterocycles. The first-order valence-corrected chi connectivity index (χ1v) is 8.19. The van der Waals surface area contributed by atoms with Crippen LogP contribution in [0.25, 0.3) is 9.40 Å². The predicted octanol–water partition coefficient (Wildman–Crippen LogP) is 4.05. The first-order chi connectivity index (χ1) is 8.65. The Hall–Kier alpha value is -0.580. The fraction of sp³-hybridized carbons (Fsp3) is 0.462. The molecular weight excluding hydrogens is 286 g/mol. The van der Waals surface area contributed by atoms with Crippen molar-refractivity contribution in [1.82, 2.24) is 4.90 Å². The number of carbonyl (C=O) groups is 1. The van der Waals surface area contributed by atoms with Crippen LogP contribution in [0.15, 0.2) is 17.5 Å². The van der Waals surface area contributed by atoms with Crippen molar-refractivity contribution in [3.05, 3.63) is 22.4 Å². The number of thiophene rings is 2. The van der Waals surface area contributed by atoms with Gasteiger partial charge in [-0.15, -0.1) is 34.3 Å². The number of carbonyl (C=O) groups excluding carboxylic acids is 1. The van der Waals surface area contributed by atoms with Gasteiger partial charge in [0.2, 0.25) is 0 Å². The van der Waals surface area contributed by atoms with Crippen LogP contribution in [0.5, 0.6) is 0 Å². The molecule has 0 spiro atoms. The van der Waals surface area contributed by atoms with E-state index in [1.165, 1.54) is 9.40 Å². The molecule has 1 aliphatic heterocycles. The molecule has 0 saturated carbocycles. The summed E-state index contributed by atoms with van der Waals surface area (Å²) >= 11 is 9.53. The summed E-state index contributed by atoms with van der Waals surface area (Å²) in [6.45, 7) is 3.66. The number of alkyl halides is 1. The third-order valence-electron chi connectivity index (χ3n) is 3.50. The molecule has 2 unspecified atom stereocenters. The van der Waals surface area contributed by atoms with Gasteiger partial charge < -0.3 is 4.90 Å². The zero-order chi connectivity index (χ0) is 12.7. The Morgan fingerprint density at radius 2 is 2.33 bits per heavy atom. The Bertz CT molecular complexity index is 548. The van der Waals surface area contributed by atoms with Crippen molar-refractivity contribution in [1.29, 1.82) is 0 Å². The number of likely N-dealkylation sites (tertiary alicyclic amines) is 1. The summed E-state index contributed by atoms with van der Waals surface area (Å²) in [5.41, 5.74) is 0. The van der Waals surface area contributed by atoms with Gasteiger partial charge in [0.25, 0.3) is 5.91 Å². The van der Waals surface area contributed by atoms with Crippen molar-refractivity contribution in [2.24, 2.45) is 5.92 Å². The molecule has 2 nitrogen and oxygen atoms in total. The van der Waals surface area contributed by atoms with Crippen molar-refractivity contribution in [3.63, 3.8) is 0 Å². The zero-order valence-corrected chi connectivity index (χ0v) is 12.4. The third kappa shape index (κ3) is 2.17. The molecule has 2 atom stereocenters. The van der Waals surface area contributed by atoms with Crippen molar-refractivity contribution >= 4 is 49.6 Å². The maximum Gasteiger partial charge on any atom is 0.264 e. The molecule has 0 radical (unpaired) electrons. The van der Waals surface area contributed by atoms with E-state index in [1.54, 1.807) is 22.7 Å². The minimum atomic E-state index is 0.0868. The van der Waals surface area contributed by atoms with E-state index in [2.05, 4.69) is 18.4 Å². The van der Waals surface area contributed by atoms with E-state index in [9.17, 15) is 4.79 Å². The second-order valence-electron chi connectivity index (χ2n) is 4.79. The van der Waals surface area contributed by atoms with Crippen LogP contribution in [-0.2, 0) is 0 Å². The predicted molar refractivity (Wildman–Crippen MR) is 79.0 cm³/mol. The summed E-state index contributed by atoms with van der Waals surface area (Å²) in [5, 5.41) is 2.15. The van der Waals surface area contributed by atoms with Crippen LogP contribution in [-0.4, -0.2) is 29.3 Å². The van der Waals surface area contributed by atoms with Gasteiger partial charge in [0, 0.05) is 22.5 Å². The minimum absolute atomic E-state index is 0.0868. The molecule has 3 rings (SSSR count). The van der Waals surface area contributed by atoms with Gasteiger partial charge in [-0.2, -0.15) is 0 Å². The number of fused-ring (bicyclic) bond motifs is 1. The number of halogens is 1. The molecule has 0 N–H and O–H groups in total. The third-order valence-corrected chi connectivity index (χ3v) is 6.15. The standard InChI is InChI=1S/C13H14ClNOS2/c1-8-2-4-15(7-9(8)14)13(16)12-6-11-10(18-12)3-5-17-11/h3,5-6,8-9H,2,4,7H2,1H3. The number of rotatable bonds is 1. The molecular formula is C13H14ClNOS2. The lowest BCUT2D eigenvalue weighted by molar-refractivity contribution is 0.0706. The van der Waals surface area contributed by atoms with Gasteiger partial charge in [0.05, 0.1) is 10.3 Å². The quantitative estimate of drug-likeness (QED) is 0.727. The highest BCUT2D eigenvalue weighted by atomic mass is 35.5. The number of hydrogen-bond donors (Lipinski definition) is 0. The van der Waals surface area contributed by atoms with E-state index in [0.29, 0.717) is 12.5 Å². The van der Waals surface area contributed by atoms with Crippen LogP contribution in [0.3, 0.4) is 0 Å². The van der Waals surface area contributed by atoms with E-state index >= 15 is 0 Å². The van der Waals surface area contributed by atoms with Crippen LogP contribution >= 0.6 is 34.3 Å². The largest absolute Gasteiger partial charge is 0.336 e. The smallest absolute Gasteiger partial charge is 0.264 e. The number of piperidine rings is 1. The van der Waals surface area contributed by atoms with Gasteiger partial charge >= 0.3 is 0 Å². The average molecular weight is 300 g/mol. The summed E-state index contributed by atoms with van der Waals surface area (Å²) in [6, 6.07) is 4.08. The average Bonchev–Trinajstić information content (AvgIpc) is 2.92. The molecule has 2 aromatic rings. The number of nitrogens with zero attached hydrogens (tertiary/aromatic N) is 1. The molecule has 1 saturated heterocycles. The molecule has 18 heavy (non-hydrogen) atoms. The van der Waals surface area contributed by atoms with Gasteiger partial charge in [-0.05, 0) is 29.9 Å². The Morgan fingerprint density at radius 3 is 3.06 bits per heavy atom. The van der Waals surface area contributed by atoms with Gasteiger partial charge in [-0.3, -0.25) is 4.79 Å². The van der Waals surface area contributed by atoms with Crippen molar-refractivity contribution in [2.45, 2.75) is 18.7 Å². The second-order valence-corrected chi connectivity index (χ2v) is 7.38. The minimum Gasteiger partial charge on any atom is -0.336 e. The van der Waals surface area contributed by atoms with Crippen molar-refractivity contribution in [2.75, 3.05) is 13.1 Å². The molecule has 0 aromatic carbocycles. The lowest BCUT2D eigenvalue weighted by atomic mass is 9.98. The van der Waals surface area contributed by atoms with E-state index in [-0.39, 0.29) is 11.3 Å². The Morgan fingerprint density at radius 1 is 1.50 bits per heavy atom. The Labute approximate surface area is 119 Å². The molecule has 1 amide bonds. The highest BCUT2D eigenvalue weighted by molar-refractivity contribution is 7.27. The topological polar surface area (TPSA) is 20.3 Å². The van der Waals surface area contributed by atoms with E-state index in [0.717, 1.165) is 17.8 Å². The SMILES string of the molecule is CC1CCN(C(=O)c2cc3sccc3s2)CC1Cl. The normalized spacial score (nSPS) is 24.7. The molecule has 0 bridgehead atoms. The summed E-state index contributed by atoms with van der Waals surface area (Å²) < 4.78 is 2.41. The molecule has 96 valence electrons.